The number of aromatic nitrogens is 1. The monoisotopic (exact) mass is 304 g/mol. The van der Waals surface area contributed by atoms with Gasteiger partial charge in [-0.1, -0.05) is 29.8 Å². The molecule has 5 heteroatoms. The second-order valence-corrected chi connectivity index (χ2v) is 5.53. The van der Waals surface area contributed by atoms with Gasteiger partial charge < -0.3 is 9.84 Å². The maximum atomic E-state index is 9.96. The van der Waals surface area contributed by atoms with E-state index >= 15 is 0 Å². The molecule has 1 aliphatic heterocycles. The zero-order chi connectivity index (χ0) is 14.7. The number of para-hydroxylation sites is 1. The van der Waals surface area contributed by atoms with Gasteiger partial charge in [0.15, 0.2) is 0 Å². The van der Waals surface area contributed by atoms with Crippen molar-refractivity contribution in [2.75, 3.05) is 13.2 Å². The first-order chi connectivity index (χ1) is 10.2. The number of hydrogen-bond donors (Lipinski definition) is 2. The normalized spacial score (nSPS) is 20.7. The van der Waals surface area contributed by atoms with E-state index in [1.165, 1.54) is 0 Å². The minimum absolute atomic E-state index is 0.00216. The van der Waals surface area contributed by atoms with Crippen LogP contribution in [0.15, 0.2) is 42.6 Å². The molecule has 0 fully saturated rings. The van der Waals surface area contributed by atoms with Gasteiger partial charge in [-0.05, 0) is 18.2 Å². The van der Waals surface area contributed by atoms with Crippen molar-refractivity contribution < 1.29 is 9.84 Å². The number of nitrogens with zero attached hydrogens (tertiary/aromatic N) is 1. The molecule has 0 aliphatic carbocycles. The van der Waals surface area contributed by atoms with Gasteiger partial charge in [0, 0.05) is 24.7 Å². The molecule has 1 aromatic heterocycles. The molecule has 1 aromatic carbocycles. The highest BCUT2D eigenvalue weighted by Gasteiger charge is 2.36. The van der Waals surface area contributed by atoms with Gasteiger partial charge in [0.1, 0.15) is 5.75 Å². The highest BCUT2D eigenvalue weighted by atomic mass is 35.5. The molecular weight excluding hydrogens is 288 g/mol. The molecule has 21 heavy (non-hydrogen) atoms. The third kappa shape index (κ3) is 2.75. The maximum Gasteiger partial charge on any atom is 0.124 e. The van der Waals surface area contributed by atoms with Crippen molar-refractivity contribution in [1.82, 2.24) is 10.3 Å². The van der Waals surface area contributed by atoms with Crippen LogP contribution in [-0.2, 0) is 12.1 Å². The van der Waals surface area contributed by atoms with Crippen molar-refractivity contribution in [3.8, 4) is 5.75 Å². The van der Waals surface area contributed by atoms with E-state index in [2.05, 4.69) is 10.3 Å². The van der Waals surface area contributed by atoms with E-state index in [0.29, 0.717) is 24.6 Å². The predicted octanol–water partition coefficient (Wildman–Crippen LogP) is 2.49. The molecule has 2 N–H and O–H groups in total. The Morgan fingerprint density at radius 2 is 2.14 bits per heavy atom. The van der Waals surface area contributed by atoms with E-state index in [9.17, 15) is 5.11 Å². The lowest BCUT2D eigenvalue weighted by Gasteiger charge is -2.38. The van der Waals surface area contributed by atoms with E-state index in [1.54, 1.807) is 12.3 Å². The lowest BCUT2D eigenvalue weighted by molar-refractivity contribution is 0.105. The molecule has 0 radical (unpaired) electrons. The number of aliphatic hydroxyl groups excluding tert-OH is 1. The van der Waals surface area contributed by atoms with Crippen LogP contribution in [0.4, 0.5) is 0 Å². The zero-order valence-electron chi connectivity index (χ0n) is 11.6. The van der Waals surface area contributed by atoms with Crippen LogP contribution in [0, 0.1) is 0 Å². The van der Waals surface area contributed by atoms with Crippen LogP contribution in [0.2, 0.25) is 5.02 Å². The van der Waals surface area contributed by atoms with Gasteiger partial charge >= 0.3 is 0 Å². The van der Waals surface area contributed by atoms with Crippen LogP contribution < -0.4 is 10.1 Å². The summed E-state index contributed by atoms with van der Waals surface area (Å²) in [5, 5.41) is 14.0. The van der Waals surface area contributed by atoms with E-state index in [-0.39, 0.29) is 6.61 Å². The summed E-state index contributed by atoms with van der Waals surface area (Å²) in [6, 6.07) is 11.4. The van der Waals surface area contributed by atoms with E-state index < -0.39 is 5.54 Å². The van der Waals surface area contributed by atoms with Gasteiger partial charge in [0.25, 0.3) is 0 Å². The van der Waals surface area contributed by atoms with E-state index in [1.807, 2.05) is 30.3 Å². The van der Waals surface area contributed by atoms with Crippen LogP contribution in [0.1, 0.15) is 17.7 Å². The van der Waals surface area contributed by atoms with E-state index in [0.717, 1.165) is 17.0 Å². The summed E-state index contributed by atoms with van der Waals surface area (Å²) < 4.78 is 5.66. The molecule has 1 atom stereocenters. The molecule has 2 aromatic rings. The number of ether oxygens (including phenoxy) is 1. The first-order valence-corrected chi connectivity index (χ1v) is 7.30. The van der Waals surface area contributed by atoms with Crippen LogP contribution in [0.25, 0.3) is 0 Å². The van der Waals surface area contributed by atoms with Crippen LogP contribution in [-0.4, -0.2) is 23.3 Å². The highest BCUT2D eigenvalue weighted by molar-refractivity contribution is 6.31. The average Bonchev–Trinajstić information content (AvgIpc) is 2.54. The second kappa shape index (κ2) is 6.02. The van der Waals surface area contributed by atoms with Crippen LogP contribution in [0.3, 0.4) is 0 Å². The summed E-state index contributed by atoms with van der Waals surface area (Å²) in [5.41, 5.74) is 1.23. The molecule has 2 heterocycles. The van der Waals surface area contributed by atoms with Crippen LogP contribution in [0.5, 0.6) is 5.75 Å². The van der Waals surface area contributed by atoms with Crippen molar-refractivity contribution in [3.05, 3.63) is 58.9 Å². The number of hydrogen-bond acceptors (Lipinski definition) is 4. The number of fused-ring (bicyclic) bond motifs is 1. The largest absolute Gasteiger partial charge is 0.493 e. The predicted molar refractivity (Wildman–Crippen MR) is 81.4 cm³/mol. The highest BCUT2D eigenvalue weighted by Crippen LogP contribution is 2.36. The van der Waals surface area contributed by atoms with Crippen LogP contribution >= 0.6 is 11.6 Å². The molecular formula is C16H17ClN2O2. The molecule has 110 valence electrons. The average molecular weight is 305 g/mol. The molecule has 0 bridgehead atoms. The van der Waals surface area contributed by atoms with E-state index in [4.69, 9.17) is 16.3 Å². The molecule has 0 amide bonds. The lowest BCUT2D eigenvalue weighted by Crippen LogP contribution is -2.48. The Bertz CT molecular complexity index is 635. The van der Waals surface area contributed by atoms with Gasteiger partial charge in [0.05, 0.1) is 29.5 Å². The van der Waals surface area contributed by atoms with Gasteiger partial charge in [-0.3, -0.25) is 10.3 Å². The second-order valence-electron chi connectivity index (χ2n) is 5.12. The number of nitrogens with one attached hydrogen (secondary N) is 1. The summed E-state index contributed by atoms with van der Waals surface area (Å²) in [6.45, 7) is 1.06. The van der Waals surface area contributed by atoms with Crippen molar-refractivity contribution in [3.63, 3.8) is 0 Å². The fourth-order valence-electron chi connectivity index (χ4n) is 2.66. The molecule has 4 nitrogen and oxygen atoms in total. The third-order valence-corrected chi connectivity index (χ3v) is 4.23. The van der Waals surface area contributed by atoms with Gasteiger partial charge in [0.2, 0.25) is 0 Å². The Balaban J connectivity index is 1.87. The van der Waals surface area contributed by atoms with Crippen molar-refractivity contribution in [2.24, 2.45) is 0 Å². The van der Waals surface area contributed by atoms with Gasteiger partial charge in [-0.25, -0.2) is 0 Å². The number of rotatable bonds is 4. The third-order valence-electron chi connectivity index (χ3n) is 3.89. The Kier molecular flexibility index (Phi) is 4.10. The summed E-state index contributed by atoms with van der Waals surface area (Å²) >= 11 is 6.14. The van der Waals surface area contributed by atoms with Crippen molar-refractivity contribution in [2.45, 2.75) is 18.5 Å². The number of aliphatic hydroxyl groups is 1. The first kappa shape index (κ1) is 14.3. The number of halogens is 1. The Morgan fingerprint density at radius 1 is 1.29 bits per heavy atom. The van der Waals surface area contributed by atoms with Gasteiger partial charge in [-0.15, -0.1) is 0 Å². The Hall–Kier alpha value is -1.62. The molecule has 3 rings (SSSR count). The summed E-state index contributed by atoms with van der Waals surface area (Å²) in [6.07, 6.45) is 2.41. The first-order valence-electron chi connectivity index (χ1n) is 6.93. The summed E-state index contributed by atoms with van der Waals surface area (Å²) in [7, 11) is 0. The molecule has 1 unspecified atom stereocenters. The molecule has 1 aliphatic rings. The van der Waals surface area contributed by atoms with Gasteiger partial charge in [-0.2, -0.15) is 0 Å². The lowest BCUT2D eigenvalue weighted by atomic mass is 9.85. The molecule has 0 saturated carbocycles. The van der Waals surface area contributed by atoms with Crippen molar-refractivity contribution in [1.29, 1.82) is 0 Å². The fraction of sp³-hybridized carbons (Fsp3) is 0.312. The smallest absolute Gasteiger partial charge is 0.124 e. The summed E-state index contributed by atoms with van der Waals surface area (Å²) in [5.74, 6) is 0.817. The maximum absolute atomic E-state index is 9.96. The standard InChI is InChI=1S/C16H17ClN2O2/c17-13-5-3-8-18-14(13)10-19-16(11-20)7-9-21-15-6-2-1-4-12(15)16/h1-6,8,19-20H,7,9-11H2. The Morgan fingerprint density at radius 3 is 2.95 bits per heavy atom. The number of pyridine rings is 1. The minimum Gasteiger partial charge on any atom is -0.493 e. The summed E-state index contributed by atoms with van der Waals surface area (Å²) in [4.78, 5) is 4.28. The quantitative estimate of drug-likeness (QED) is 0.911. The Labute approximate surface area is 128 Å². The zero-order valence-corrected chi connectivity index (χ0v) is 12.3. The topological polar surface area (TPSA) is 54.4 Å². The SMILES string of the molecule is OCC1(NCc2ncccc2Cl)CCOc2ccccc21. The molecule has 0 saturated heterocycles. The van der Waals surface area contributed by atoms with Crippen molar-refractivity contribution >= 4 is 11.6 Å². The minimum atomic E-state index is -0.518. The molecule has 0 spiro atoms. The fourth-order valence-corrected chi connectivity index (χ4v) is 2.85. The number of benzene rings is 1.